The molecule has 0 aliphatic carbocycles. The number of carbonyl (C=O) groups is 1. The van der Waals surface area contributed by atoms with Crippen LogP contribution in [0.1, 0.15) is 16.1 Å². The third-order valence-electron chi connectivity index (χ3n) is 4.33. The summed E-state index contributed by atoms with van der Waals surface area (Å²) in [6, 6.07) is 13.1. The molecular formula is C21H18N4O3. The Balaban J connectivity index is 1.53. The second-order valence-electron chi connectivity index (χ2n) is 6.15. The van der Waals surface area contributed by atoms with Crippen LogP contribution >= 0.6 is 0 Å². The van der Waals surface area contributed by atoms with E-state index in [1.807, 2.05) is 36.4 Å². The van der Waals surface area contributed by atoms with E-state index in [9.17, 15) is 4.79 Å². The Morgan fingerprint density at radius 2 is 2.14 bits per heavy atom. The predicted octanol–water partition coefficient (Wildman–Crippen LogP) is 3.67. The van der Waals surface area contributed by atoms with E-state index < -0.39 is 0 Å². The van der Waals surface area contributed by atoms with E-state index in [-0.39, 0.29) is 5.91 Å². The standard InChI is InChI=1S/C21H18N4O3/c1-27-17-6-2-5-15(8-17)18-13-28-25-20(18)16-9-19(23-12-16)21(26)24-11-14-4-3-7-22-10-14/h2-10,12-13,23H,11H2,1H3,(H,24,26). The van der Waals surface area contributed by atoms with Crippen molar-refractivity contribution in [3.8, 4) is 28.1 Å². The lowest BCUT2D eigenvalue weighted by atomic mass is 10.0. The first-order chi connectivity index (χ1) is 13.7. The largest absolute Gasteiger partial charge is 0.497 e. The zero-order valence-electron chi connectivity index (χ0n) is 15.2. The molecule has 140 valence electrons. The highest BCUT2D eigenvalue weighted by Gasteiger charge is 2.16. The molecule has 7 nitrogen and oxygen atoms in total. The number of carbonyl (C=O) groups excluding carboxylic acids is 1. The number of rotatable bonds is 6. The monoisotopic (exact) mass is 374 g/mol. The number of benzene rings is 1. The molecule has 0 aliphatic rings. The van der Waals surface area contributed by atoms with Crippen LogP contribution in [0.2, 0.25) is 0 Å². The minimum absolute atomic E-state index is 0.207. The molecule has 0 fully saturated rings. The third-order valence-corrected chi connectivity index (χ3v) is 4.33. The summed E-state index contributed by atoms with van der Waals surface area (Å²) in [7, 11) is 1.62. The molecule has 4 rings (SSSR count). The molecule has 0 atom stereocenters. The topological polar surface area (TPSA) is 93.0 Å². The quantitative estimate of drug-likeness (QED) is 0.537. The van der Waals surface area contributed by atoms with Crippen LogP contribution in [0.15, 0.2) is 71.8 Å². The van der Waals surface area contributed by atoms with Crippen molar-refractivity contribution in [2.24, 2.45) is 0 Å². The van der Waals surface area contributed by atoms with Gasteiger partial charge in [0.1, 0.15) is 23.4 Å². The SMILES string of the molecule is COc1cccc(-c2conc2-c2c[nH]c(C(=O)NCc3cccnc3)c2)c1. The van der Waals surface area contributed by atoms with E-state index >= 15 is 0 Å². The first-order valence-corrected chi connectivity index (χ1v) is 8.69. The lowest BCUT2D eigenvalue weighted by Gasteiger charge is -2.03. The molecule has 0 saturated heterocycles. The molecule has 1 amide bonds. The van der Waals surface area contributed by atoms with Crippen LogP contribution in [-0.4, -0.2) is 28.1 Å². The van der Waals surface area contributed by atoms with Crippen molar-refractivity contribution >= 4 is 5.91 Å². The lowest BCUT2D eigenvalue weighted by Crippen LogP contribution is -2.23. The number of nitrogens with one attached hydrogen (secondary N) is 2. The summed E-state index contributed by atoms with van der Waals surface area (Å²) >= 11 is 0. The van der Waals surface area contributed by atoms with Crippen molar-refractivity contribution in [1.82, 2.24) is 20.4 Å². The molecule has 4 aromatic rings. The first-order valence-electron chi connectivity index (χ1n) is 8.69. The van der Waals surface area contributed by atoms with Crippen LogP contribution < -0.4 is 10.1 Å². The van der Waals surface area contributed by atoms with E-state index in [4.69, 9.17) is 9.26 Å². The second-order valence-corrected chi connectivity index (χ2v) is 6.15. The van der Waals surface area contributed by atoms with E-state index in [2.05, 4.69) is 20.4 Å². The number of aromatic nitrogens is 3. The highest BCUT2D eigenvalue weighted by atomic mass is 16.5. The van der Waals surface area contributed by atoms with Crippen LogP contribution in [0.3, 0.4) is 0 Å². The number of nitrogens with zero attached hydrogens (tertiary/aromatic N) is 2. The summed E-state index contributed by atoms with van der Waals surface area (Å²) in [6.07, 6.45) is 6.73. The first kappa shape index (κ1) is 17.5. The van der Waals surface area contributed by atoms with Gasteiger partial charge in [0, 0.05) is 36.3 Å². The van der Waals surface area contributed by atoms with Crippen molar-refractivity contribution in [2.75, 3.05) is 7.11 Å². The summed E-state index contributed by atoms with van der Waals surface area (Å²) in [5.41, 5.74) is 4.52. The van der Waals surface area contributed by atoms with Gasteiger partial charge in [-0.2, -0.15) is 0 Å². The van der Waals surface area contributed by atoms with Crippen molar-refractivity contribution < 1.29 is 14.1 Å². The van der Waals surface area contributed by atoms with E-state index in [1.165, 1.54) is 0 Å². The maximum Gasteiger partial charge on any atom is 0.267 e. The molecular weight excluding hydrogens is 356 g/mol. The highest BCUT2D eigenvalue weighted by Crippen LogP contribution is 2.33. The Kier molecular flexibility index (Phi) is 4.88. The fraction of sp³-hybridized carbons (Fsp3) is 0.0952. The number of H-pyrrole nitrogens is 1. The Morgan fingerprint density at radius 1 is 1.21 bits per heavy atom. The molecule has 0 bridgehead atoms. The van der Waals surface area contributed by atoms with Gasteiger partial charge < -0.3 is 19.6 Å². The van der Waals surface area contributed by atoms with Gasteiger partial charge in [-0.3, -0.25) is 9.78 Å². The van der Waals surface area contributed by atoms with Gasteiger partial charge in [0.25, 0.3) is 5.91 Å². The molecule has 0 radical (unpaired) electrons. The maximum absolute atomic E-state index is 12.4. The maximum atomic E-state index is 12.4. The van der Waals surface area contributed by atoms with E-state index in [1.54, 1.807) is 38.0 Å². The summed E-state index contributed by atoms with van der Waals surface area (Å²) in [6.45, 7) is 0.403. The molecule has 0 spiro atoms. The normalized spacial score (nSPS) is 10.6. The molecule has 3 aromatic heterocycles. The Bertz CT molecular complexity index is 1090. The highest BCUT2D eigenvalue weighted by molar-refractivity contribution is 5.94. The van der Waals surface area contributed by atoms with Crippen molar-refractivity contribution in [2.45, 2.75) is 6.54 Å². The minimum Gasteiger partial charge on any atom is -0.497 e. The summed E-state index contributed by atoms with van der Waals surface area (Å²) in [5, 5.41) is 6.97. The lowest BCUT2D eigenvalue weighted by molar-refractivity contribution is 0.0946. The summed E-state index contributed by atoms with van der Waals surface area (Å²) < 4.78 is 10.5. The second kappa shape index (κ2) is 7.79. The van der Waals surface area contributed by atoms with Crippen LogP contribution in [0.5, 0.6) is 5.75 Å². The van der Waals surface area contributed by atoms with Gasteiger partial charge in [-0.15, -0.1) is 0 Å². The van der Waals surface area contributed by atoms with Crippen LogP contribution in [0.25, 0.3) is 22.4 Å². The van der Waals surface area contributed by atoms with Crippen molar-refractivity contribution in [3.63, 3.8) is 0 Å². The van der Waals surface area contributed by atoms with Crippen molar-refractivity contribution in [1.29, 1.82) is 0 Å². The minimum atomic E-state index is -0.207. The Labute approximate surface area is 161 Å². The van der Waals surface area contributed by atoms with Crippen molar-refractivity contribution in [3.05, 3.63) is 78.6 Å². The molecule has 0 saturated carbocycles. The van der Waals surface area contributed by atoms with Crippen LogP contribution in [0, 0.1) is 0 Å². The molecule has 1 aromatic carbocycles. The van der Waals surface area contributed by atoms with Gasteiger partial charge in [-0.25, -0.2) is 0 Å². The van der Waals surface area contributed by atoms with E-state index in [0.29, 0.717) is 17.9 Å². The zero-order chi connectivity index (χ0) is 19.3. The van der Waals surface area contributed by atoms with Gasteiger partial charge in [-0.1, -0.05) is 23.4 Å². The smallest absolute Gasteiger partial charge is 0.267 e. The Morgan fingerprint density at radius 3 is 2.96 bits per heavy atom. The number of hydrogen-bond acceptors (Lipinski definition) is 5. The summed E-state index contributed by atoms with van der Waals surface area (Å²) in [5.74, 6) is 0.538. The van der Waals surface area contributed by atoms with Gasteiger partial charge in [0.2, 0.25) is 0 Å². The molecule has 2 N–H and O–H groups in total. The number of hydrogen-bond donors (Lipinski definition) is 2. The number of amides is 1. The predicted molar refractivity (Wildman–Crippen MR) is 104 cm³/mol. The number of ether oxygens (including phenoxy) is 1. The molecule has 3 heterocycles. The molecule has 7 heteroatoms. The van der Waals surface area contributed by atoms with Crippen LogP contribution in [0.4, 0.5) is 0 Å². The van der Waals surface area contributed by atoms with Crippen LogP contribution in [-0.2, 0) is 6.54 Å². The van der Waals surface area contributed by atoms with Gasteiger partial charge in [-0.05, 0) is 35.4 Å². The molecule has 0 unspecified atom stereocenters. The fourth-order valence-corrected chi connectivity index (χ4v) is 2.88. The number of pyridine rings is 1. The average Bonchev–Trinajstić information content (AvgIpc) is 3.42. The fourth-order valence-electron chi connectivity index (χ4n) is 2.88. The van der Waals surface area contributed by atoms with Gasteiger partial charge in [0.15, 0.2) is 0 Å². The Hall–Kier alpha value is -3.87. The third kappa shape index (κ3) is 3.64. The average molecular weight is 374 g/mol. The molecule has 0 aliphatic heterocycles. The number of methoxy groups -OCH3 is 1. The zero-order valence-corrected chi connectivity index (χ0v) is 15.2. The summed E-state index contributed by atoms with van der Waals surface area (Å²) in [4.78, 5) is 19.5. The van der Waals surface area contributed by atoms with Gasteiger partial charge >= 0.3 is 0 Å². The number of aromatic amines is 1. The van der Waals surface area contributed by atoms with Gasteiger partial charge in [0.05, 0.1) is 7.11 Å². The molecule has 28 heavy (non-hydrogen) atoms. The van der Waals surface area contributed by atoms with E-state index in [0.717, 1.165) is 28.0 Å².